The second kappa shape index (κ2) is 8.42. The average Bonchev–Trinajstić information content (AvgIpc) is 2.68. The van der Waals surface area contributed by atoms with Gasteiger partial charge in [0.15, 0.2) is 11.3 Å². The second-order valence-electron chi connectivity index (χ2n) is 5.67. The van der Waals surface area contributed by atoms with Crippen LogP contribution in [0.3, 0.4) is 0 Å². The van der Waals surface area contributed by atoms with Gasteiger partial charge in [0.1, 0.15) is 0 Å². The number of ether oxygens (including phenoxy) is 1. The molecule has 1 N–H and O–H groups in total. The number of hydrogen-bond acceptors (Lipinski definition) is 5. The van der Waals surface area contributed by atoms with Crippen LogP contribution in [-0.4, -0.2) is 27.9 Å². The fourth-order valence-electron chi connectivity index (χ4n) is 2.40. The van der Waals surface area contributed by atoms with E-state index in [1.165, 1.54) is 19.2 Å². The largest absolute Gasteiger partial charge is 0.449 e. The molecule has 2 heterocycles. The molecule has 1 unspecified atom stereocenters. The number of nitrogens with zero attached hydrogens (tertiary/aromatic N) is 2. The Kier molecular flexibility index (Phi) is 5.78. The zero-order valence-electron chi connectivity index (χ0n) is 14.4. The van der Waals surface area contributed by atoms with E-state index >= 15 is 0 Å². The van der Waals surface area contributed by atoms with Gasteiger partial charge in [-0.05, 0) is 31.2 Å². The Labute approximate surface area is 160 Å². The summed E-state index contributed by atoms with van der Waals surface area (Å²) >= 11 is 5.89. The highest BCUT2D eigenvalue weighted by Gasteiger charge is 2.17. The van der Waals surface area contributed by atoms with Gasteiger partial charge >= 0.3 is 5.97 Å². The molecule has 6 nitrogen and oxygen atoms in total. The molecule has 7 heteroatoms. The van der Waals surface area contributed by atoms with Crippen molar-refractivity contribution in [2.45, 2.75) is 13.0 Å². The molecule has 0 fully saturated rings. The number of halogens is 1. The van der Waals surface area contributed by atoms with E-state index in [1.807, 2.05) is 30.3 Å². The van der Waals surface area contributed by atoms with Crippen LogP contribution in [0.5, 0.6) is 0 Å². The van der Waals surface area contributed by atoms with Gasteiger partial charge in [0.2, 0.25) is 0 Å². The van der Waals surface area contributed by atoms with Crippen molar-refractivity contribution in [1.29, 1.82) is 0 Å². The lowest BCUT2D eigenvalue weighted by Gasteiger charge is -2.12. The number of aromatic nitrogens is 2. The summed E-state index contributed by atoms with van der Waals surface area (Å²) in [6.07, 6.45) is 5.08. The predicted octanol–water partition coefficient (Wildman–Crippen LogP) is 3.87. The van der Waals surface area contributed by atoms with Crippen LogP contribution in [0.2, 0.25) is 5.15 Å². The van der Waals surface area contributed by atoms with Gasteiger partial charge in [-0.2, -0.15) is 0 Å². The molecule has 0 aliphatic carbocycles. The van der Waals surface area contributed by atoms with Crippen molar-refractivity contribution in [1.82, 2.24) is 9.97 Å². The monoisotopic (exact) mass is 381 g/mol. The minimum absolute atomic E-state index is 0.160. The molecule has 0 radical (unpaired) electrons. The SMILES string of the molecule is CC(OC(=O)/C=C/c1cccc2cccnc12)C(=O)Nc1cccnc1Cl. The molecule has 0 aliphatic heterocycles. The lowest BCUT2D eigenvalue weighted by molar-refractivity contribution is -0.148. The van der Waals surface area contributed by atoms with E-state index in [9.17, 15) is 9.59 Å². The number of carbonyl (C=O) groups excluding carboxylic acids is 2. The summed E-state index contributed by atoms with van der Waals surface area (Å²) in [6, 6.07) is 12.7. The second-order valence-corrected chi connectivity index (χ2v) is 6.02. The zero-order valence-corrected chi connectivity index (χ0v) is 15.2. The number of para-hydroxylation sites is 1. The van der Waals surface area contributed by atoms with E-state index in [0.717, 1.165) is 16.5 Å². The van der Waals surface area contributed by atoms with Crippen molar-refractivity contribution in [2.24, 2.45) is 0 Å². The molecule has 1 atom stereocenters. The quantitative estimate of drug-likeness (QED) is 0.412. The Morgan fingerprint density at radius 2 is 1.85 bits per heavy atom. The van der Waals surface area contributed by atoms with Crippen LogP contribution in [0.1, 0.15) is 12.5 Å². The van der Waals surface area contributed by atoms with Crippen molar-refractivity contribution in [3.8, 4) is 0 Å². The number of rotatable bonds is 5. The fourth-order valence-corrected chi connectivity index (χ4v) is 2.57. The number of carbonyl (C=O) groups is 2. The third-order valence-electron chi connectivity index (χ3n) is 3.74. The first kappa shape index (κ1) is 18.5. The van der Waals surface area contributed by atoms with E-state index in [-0.39, 0.29) is 5.15 Å². The van der Waals surface area contributed by atoms with Crippen molar-refractivity contribution in [3.05, 3.63) is 71.7 Å². The smallest absolute Gasteiger partial charge is 0.331 e. The summed E-state index contributed by atoms with van der Waals surface area (Å²) in [5.74, 6) is -1.14. The lowest BCUT2D eigenvalue weighted by atomic mass is 10.1. The number of pyridine rings is 2. The van der Waals surface area contributed by atoms with E-state index in [2.05, 4.69) is 15.3 Å². The Morgan fingerprint density at radius 3 is 2.67 bits per heavy atom. The number of benzene rings is 1. The Hall–Kier alpha value is -3.25. The lowest BCUT2D eigenvalue weighted by Crippen LogP contribution is -2.29. The Morgan fingerprint density at radius 1 is 1.11 bits per heavy atom. The van der Waals surface area contributed by atoms with Gasteiger partial charge in [-0.3, -0.25) is 9.78 Å². The van der Waals surface area contributed by atoms with E-state index < -0.39 is 18.0 Å². The number of hydrogen-bond donors (Lipinski definition) is 1. The standard InChI is InChI=1S/C20H16ClN3O3/c1-13(20(26)24-16-8-4-12-23-19(16)21)27-17(25)10-9-15-6-2-5-14-7-3-11-22-18(14)15/h2-13H,1H3,(H,24,26)/b10-9+. The number of fused-ring (bicyclic) bond motifs is 1. The van der Waals surface area contributed by atoms with Gasteiger partial charge < -0.3 is 10.1 Å². The maximum absolute atomic E-state index is 12.1. The van der Waals surface area contributed by atoms with E-state index in [4.69, 9.17) is 16.3 Å². The summed E-state index contributed by atoms with van der Waals surface area (Å²) in [5, 5.41) is 3.70. The maximum atomic E-state index is 12.1. The molecule has 1 aromatic carbocycles. The number of anilines is 1. The van der Waals surface area contributed by atoms with Gasteiger partial charge in [0.25, 0.3) is 5.91 Å². The highest BCUT2D eigenvalue weighted by Crippen LogP contribution is 2.18. The van der Waals surface area contributed by atoms with Crippen LogP contribution in [-0.2, 0) is 14.3 Å². The van der Waals surface area contributed by atoms with Crippen LogP contribution in [0.15, 0.2) is 60.9 Å². The van der Waals surface area contributed by atoms with Gasteiger partial charge in [-0.15, -0.1) is 0 Å². The van der Waals surface area contributed by atoms with Crippen molar-refractivity contribution in [2.75, 3.05) is 5.32 Å². The summed E-state index contributed by atoms with van der Waals surface area (Å²) in [7, 11) is 0. The molecular weight excluding hydrogens is 366 g/mol. The molecule has 136 valence electrons. The van der Waals surface area contributed by atoms with Crippen LogP contribution >= 0.6 is 11.6 Å². The number of nitrogens with one attached hydrogen (secondary N) is 1. The van der Waals surface area contributed by atoms with Crippen LogP contribution in [0, 0.1) is 0 Å². The molecule has 2 aromatic heterocycles. The normalized spacial score (nSPS) is 12.1. The van der Waals surface area contributed by atoms with Gasteiger partial charge in [0.05, 0.1) is 11.2 Å². The van der Waals surface area contributed by atoms with Gasteiger partial charge in [-0.25, -0.2) is 9.78 Å². The molecular formula is C20H16ClN3O3. The maximum Gasteiger partial charge on any atom is 0.331 e. The predicted molar refractivity (Wildman–Crippen MR) is 104 cm³/mol. The van der Waals surface area contributed by atoms with Crippen LogP contribution < -0.4 is 5.32 Å². The molecule has 0 spiro atoms. The molecule has 1 amide bonds. The highest BCUT2D eigenvalue weighted by atomic mass is 35.5. The number of amides is 1. The minimum atomic E-state index is -0.996. The topological polar surface area (TPSA) is 81.2 Å². The van der Waals surface area contributed by atoms with Crippen LogP contribution in [0.4, 0.5) is 5.69 Å². The van der Waals surface area contributed by atoms with Crippen LogP contribution in [0.25, 0.3) is 17.0 Å². The first-order valence-corrected chi connectivity index (χ1v) is 8.56. The zero-order chi connectivity index (χ0) is 19.2. The summed E-state index contributed by atoms with van der Waals surface area (Å²) in [6.45, 7) is 1.48. The molecule has 27 heavy (non-hydrogen) atoms. The molecule has 3 rings (SSSR count). The Balaban J connectivity index is 1.63. The molecule has 0 bridgehead atoms. The van der Waals surface area contributed by atoms with Gasteiger partial charge in [-0.1, -0.05) is 35.9 Å². The van der Waals surface area contributed by atoms with Crippen molar-refractivity contribution >= 4 is 46.1 Å². The summed E-state index contributed by atoms with van der Waals surface area (Å²) in [4.78, 5) is 32.4. The summed E-state index contributed by atoms with van der Waals surface area (Å²) < 4.78 is 5.14. The average molecular weight is 382 g/mol. The first-order chi connectivity index (χ1) is 13.0. The third-order valence-corrected chi connectivity index (χ3v) is 4.04. The minimum Gasteiger partial charge on any atom is -0.449 e. The Bertz CT molecular complexity index is 1010. The summed E-state index contributed by atoms with van der Waals surface area (Å²) in [5.41, 5.74) is 1.91. The van der Waals surface area contributed by atoms with E-state index in [0.29, 0.717) is 5.69 Å². The van der Waals surface area contributed by atoms with Gasteiger partial charge in [0, 0.05) is 29.4 Å². The molecule has 0 aliphatic rings. The molecule has 0 saturated carbocycles. The van der Waals surface area contributed by atoms with Crippen molar-refractivity contribution in [3.63, 3.8) is 0 Å². The van der Waals surface area contributed by atoms with Crippen molar-refractivity contribution < 1.29 is 14.3 Å². The first-order valence-electron chi connectivity index (χ1n) is 8.18. The fraction of sp³-hybridized carbons (Fsp3) is 0.100. The molecule has 0 saturated heterocycles. The highest BCUT2D eigenvalue weighted by molar-refractivity contribution is 6.32. The van der Waals surface area contributed by atoms with E-state index in [1.54, 1.807) is 24.4 Å². The number of esters is 1. The molecule has 3 aromatic rings. The third kappa shape index (κ3) is 4.68.